The van der Waals surface area contributed by atoms with Gasteiger partial charge in [-0.25, -0.2) is 4.98 Å². The average Bonchev–Trinajstić information content (AvgIpc) is 2.29. The van der Waals surface area contributed by atoms with Crippen LogP contribution in [0.15, 0.2) is 36.5 Å². The molecule has 2 rings (SSSR count). The fourth-order valence-electron chi connectivity index (χ4n) is 1.10. The third-order valence-corrected chi connectivity index (χ3v) is 1.77. The molecule has 1 N–H and O–H groups in total. The van der Waals surface area contributed by atoms with Crippen molar-refractivity contribution < 1.29 is 9.84 Å². The summed E-state index contributed by atoms with van der Waals surface area (Å²) in [5.41, 5.74) is 0.227. The molecule has 0 aliphatic carbocycles. The molecule has 0 fully saturated rings. The van der Waals surface area contributed by atoms with Gasteiger partial charge in [-0.15, -0.1) is 0 Å². The second-order valence-corrected chi connectivity index (χ2v) is 2.94. The Morgan fingerprint density at radius 3 is 2.94 bits per heavy atom. The van der Waals surface area contributed by atoms with Crippen molar-refractivity contribution >= 4 is 0 Å². The maximum atomic E-state index is 9.22. The number of ether oxygens (including phenoxy) is 1. The summed E-state index contributed by atoms with van der Waals surface area (Å²) in [6.45, 7) is 0. The zero-order valence-corrected chi connectivity index (χ0v) is 8.16. The van der Waals surface area contributed by atoms with Crippen LogP contribution >= 0.6 is 0 Å². The van der Waals surface area contributed by atoms with E-state index < -0.39 is 0 Å². The first-order valence-corrected chi connectivity index (χ1v) is 4.48. The van der Waals surface area contributed by atoms with E-state index in [-0.39, 0.29) is 17.5 Å². The van der Waals surface area contributed by atoms with Gasteiger partial charge < -0.3 is 9.84 Å². The standard InChI is InChI=1S/C11H7N3O2/c12-7-8-4-5-13-11(14-8)16-10-3-1-2-9(15)6-10/h1-6,15H. The Bertz CT molecular complexity index is 549. The zero-order valence-electron chi connectivity index (χ0n) is 8.16. The molecular formula is C11H7N3O2. The smallest absolute Gasteiger partial charge is 0.323 e. The van der Waals surface area contributed by atoms with Crippen LogP contribution in [0.25, 0.3) is 0 Å². The summed E-state index contributed by atoms with van der Waals surface area (Å²) in [5.74, 6) is 0.504. The highest BCUT2D eigenvalue weighted by molar-refractivity contribution is 5.33. The highest BCUT2D eigenvalue weighted by atomic mass is 16.5. The number of benzene rings is 1. The van der Waals surface area contributed by atoms with Gasteiger partial charge in [0.25, 0.3) is 0 Å². The first-order valence-electron chi connectivity index (χ1n) is 4.48. The van der Waals surface area contributed by atoms with Gasteiger partial charge in [-0.3, -0.25) is 0 Å². The maximum absolute atomic E-state index is 9.22. The van der Waals surface area contributed by atoms with E-state index in [0.717, 1.165) is 0 Å². The fourth-order valence-corrected chi connectivity index (χ4v) is 1.10. The summed E-state index contributed by atoms with van der Waals surface area (Å²) in [5, 5.41) is 17.9. The van der Waals surface area contributed by atoms with Gasteiger partial charge in [0.1, 0.15) is 23.3 Å². The van der Waals surface area contributed by atoms with Gasteiger partial charge in [0.15, 0.2) is 0 Å². The Morgan fingerprint density at radius 1 is 1.31 bits per heavy atom. The van der Waals surface area contributed by atoms with Gasteiger partial charge in [0, 0.05) is 12.3 Å². The van der Waals surface area contributed by atoms with Gasteiger partial charge >= 0.3 is 6.01 Å². The van der Waals surface area contributed by atoms with Crippen LogP contribution in [0.5, 0.6) is 17.5 Å². The van der Waals surface area contributed by atoms with Crippen LogP contribution in [0.3, 0.4) is 0 Å². The Hall–Kier alpha value is -2.61. The number of phenolic OH excluding ortho intramolecular Hbond substituents is 1. The van der Waals surface area contributed by atoms with Crippen LogP contribution in [0.2, 0.25) is 0 Å². The molecule has 1 aromatic heterocycles. The molecule has 0 saturated heterocycles. The molecule has 1 heterocycles. The van der Waals surface area contributed by atoms with Crippen LogP contribution in [-0.2, 0) is 0 Å². The highest BCUT2D eigenvalue weighted by Gasteiger charge is 2.02. The van der Waals surface area contributed by atoms with Crippen LogP contribution in [-0.4, -0.2) is 15.1 Å². The Balaban J connectivity index is 2.24. The molecule has 0 aliphatic rings. The van der Waals surface area contributed by atoms with Crippen molar-refractivity contribution in [3.05, 3.63) is 42.2 Å². The summed E-state index contributed by atoms with van der Waals surface area (Å²) in [7, 11) is 0. The van der Waals surface area contributed by atoms with Gasteiger partial charge in [-0.05, 0) is 18.2 Å². The lowest BCUT2D eigenvalue weighted by molar-refractivity contribution is 0.430. The van der Waals surface area contributed by atoms with Crippen molar-refractivity contribution in [3.63, 3.8) is 0 Å². The van der Waals surface area contributed by atoms with E-state index in [2.05, 4.69) is 9.97 Å². The molecule has 16 heavy (non-hydrogen) atoms. The number of nitrogens with zero attached hydrogens (tertiary/aromatic N) is 3. The summed E-state index contributed by atoms with van der Waals surface area (Å²) in [6.07, 6.45) is 1.43. The maximum Gasteiger partial charge on any atom is 0.323 e. The van der Waals surface area contributed by atoms with E-state index in [1.165, 1.54) is 24.4 Å². The number of rotatable bonds is 2. The topological polar surface area (TPSA) is 79.0 Å². The third kappa shape index (κ3) is 2.25. The predicted molar refractivity (Wildman–Crippen MR) is 54.9 cm³/mol. The predicted octanol–water partition coefficient (Wildman–Crippen LogP) is 1.85. The summed E-state index contributed by atoms with van der Waals surface area (Å²) in [4.78, 5) is 7.69. The third-order valence-electron chi connectivity index (χ3n) is 1.77. The van der Waals surface area contributed by atoms with Crippen LogP contribution in [0.4, 0.5) is 0 Å². The van der Waals surface area contributed by atoms with Gasteiger partial charge in [-0.1, -0.05) is 6.07 Å². The number of hydrogen-bond donors (Lipinski definition) is 1. The van der Waals surface area contributed by atoms with Crippen molar-refractivity contribution in [2.24, 2.45) is 0 Å². The normalized spacial score (nSPS) is 9.44. The lowest BCUT2D eigenvalue weighted by Gasteiger charge is -2.03. The van der Waals surface area contributed by atoms with Crippen molar-refractivity contribution in [2.75, 3.05) is 0 Å². The molecule has 0 amide bonds. The molecule has 0 aliphatic heterocycles. The van der Waals surface area contributed by atoms with E-state index in [9.17, 15) is 5.11 Å². The summed E-state index contributed by atoms with van der Waals surface area (Å²) >= 11 is 0. The number of hydrogen-bond acceptors (Lipinski definition) is 5. The molecule has 0 spiro atoms. The number of phenols is 1. The first kappa shape index (κ1) is 9.93. The molecule has 78 valence electrons. The highest BCUT2D eigenvalue weighted by Crippen LogP contribution is 2.21. The second-order valence-electron chi connectivity index (χ2n) is 2.94. The zero-order chi connectivity index (χ0) is 11.4. The van der Waals surface area contributed by atoms with E-state index in [1.54, 1.807) is 12.1 Å². The molecule has 5 nitrogen and oxygen atoms in total. The molecule has 0 atom stereocenters. The van der Waals surface area contributed by atoms with Crippen LogP contribution in [0.1, 0.15) is 5.69 Å². The van der Waals surface area contributed by atoms with Crippen molar-refractivity contribution in [2.45, 2.75) is 0 Å². The van der Waals surface area contributed by atoms with Gasteiger partial charge in [0.2, 0.25) is 0 Å². The van der Waals surface area contributed by atoms with Crippen molar-refractivity contribution in [1.29, 1.82) is 5.26 Å². The quantitative estimate of drug-likeness (QED) is 0.823. The molecule has 0 bridgehead atoms. The monoisotopic (exact) mass is 213 g/mol. The van der Waals surface area contributed by atoms with Gasteiger partial charge in [-0.2, -0.15) is 10.2 Å². The molecule has 2 aromatic rings. The molecule has 5 heteroatoms. The fraction of sp³-hybridized carbons (Fsp3) is 0. The number of aromatic nitrogens is 2. The van der Waals surface area contributed by atoms with E-state index >= 15 is 0 Å². The number of aromatic hydroxyl groups is 1. The number of nitriles is 1. The van der Waals surface area contributed by atoms with Crippen molar-refractivity contribution in [3.8, 4) is 23.6 Å². The van der Waals surface area contributed by atoms with E-state index in [1.807, 2.05) is 6.07 Å². The van der Waals surface area contributed by atoms with E-state index in [4.69, 9.17) is 10.00 Å². The van der Waals surface area contributed by atoms with E-state index in [0.29, 0.717) is 5.75 Å². The molecular weight excluding hydrogens is 206 g/mol. The Morgan fingerprint density at radius 2 is 2.19 bits per heavy atom. The largest absolute Gasteiger partial charge is 0.508 e. The lowest BCUT2D eigenvalue weighted by Crippen LogP contribution is -1.92. The first-order chi connectivity index (χ1) is 7.78. The van der Waals surface area contributed by atoms with Gasteiger partial charge in [0.05, 0.1) is 0 Å². The van der Waals surface area contributed by atoms with Crippen molar-refractivity contribution in [1.82, 2.24) is 9.97 Å². The molecule has 0 unspecified atom stereocenters. The summed E-state index contributed by atoms with van der Waals surface area (Å²) < 4.78 is 5.27. The van der Waals surface area contributed by atoms with Crippen LogP contribution in [0, 0.1) is 11.3 Å². The molecule has 0 radical (unpaired) electrons. The summed E-state index contributed by atoms with van der Waals surface area (Å²) in [6, 6.07) is 9.69. The minimum absolute atomic E-state index is 0.0738. The Kier molecular flexibility index (Phi) is 2.65. The lowest BCUT2D eigenvalue weighted by atomic mass is 10.3. The van der Waals surface area contributed by atoms with Crippen LogP contribution < -0.4 is 4.74 Å². The minimum Gasteiger partial charge on any atom is -0.508 e. The second kappa shape index (κ2) is 4.28. The Labute approximate surface area is 91.6 Å². The average molecular weight is 213 g/mol. The molecule has 0 saturated carbocycles. The SMILES string of the molecule is N#Cc1ccnc(Oc2cccc(O)c2)n1. The molecule has 1 aromatic carbocycles. The minimum atomic E-state index is 0.0738.